The zero-order chi connectivity index (χ0) is 24.2. The molecule has 0 spiro atoms. The fourth-order valence-electron chi connectivity index (χ4n) is 5.02. The Kier molecular flexibility index (Phi) is 6.96. The smallest absolute Gasteiger partial charge is 0.265 e. The lowest BCUT2D eigenvalue weighted by molar-refractivity contribution is 0.205. The second-order valence-electron chi connectivity index (χ2n) is 9.44. The third-order valence-electron chi connectivity index (χ3n) is 6.92. The first-order chi connectivity index (χ1) is 17.1. The number of hydrogen-bond donors (Lipinski definition) is 0. The minimum Gasteiger partial charge on any atom is -0.494 e. The van der Waals surface area contributed by atoms with Crippen molar-refractivity contribution in [3.63, 3.8) is 0 Å². The molecule has 180 valence electrons. The van der Waals surface area contributed by atoms with Crippen LogP contribution >= 0.6 is 0 Å². The van der Waals surface area contributed by atoms with Crippen molar-refractivity contribution in [3.05, 3.63) is 88.5 Å². The zero-order valence-electron chi connectivity index (χ0n) is 20.7. The van der Waals surface area contributed by atoms with Gasteiger partial charge in [-0.05, 0) is 99.3 Å². The van der Waals surface area contributed by atoms with Crippen LogP contribution in [0.1, 0.15) is 37.1 Å². The molecule has 0 atom stereocenters. The van der Waals surface area contributed by atoms with Gasteiger partial charge in [-0.25, -0.2) is 4.98 Å². The van der Waals surface area contributed by atoms with Gasteiger partial charge >= 0.3 is 0 Å². The summed E-state index contributed by atoms with van der Waals surface area (Å²) in [4.78, 5) is 20.8. The van der Waals surface area contributed by atoms with E-state index in [0.29, 0.717) is 17.8 Å². The van der Waals surface area contributed by atoms with Crippen molar-refractivity contribution < 1.29 is 4.74 Å². The molecule has 2 heterocycles. The molecular weight excluding hydrogens is 434 g/mol. The first-order valence-corrected chi connectivity index (χ1v) is 12.7. The van der Waals surface area contributed by atoms with Crippen molar-refractivity contribution in [2.24, 2.45) is 0 Å². The van der Waals surface area contributed by atoms with Crippen LogP contribution in [0, 0.1) is 13.8 Å². The summed E-state index contributed by atoms with van der Waals surface area (Å²) in [5, 5.41) is 0.620. The van der Waals surface area contributed by atoms with Crippen LogP contribution in [0.25, 0.3) is 27.7 Å². The van der Waals surface area contributed by atoms with Crippen LogP contribution in [-0.4, -0.2) is 40.7 Å². The van der Waals surface area contributed by atoms with Gasteiger partial charge in [0.1, 0.15) is 11.6 Å². The largest absolute Gasteiger partial charge is 0.494 e. The lowest BCUT2D eigenvalue weighted by atomic mass is 9.99. The SMILES string of the molecule is Cc1ccccc1-c1ccc2nc(C)n(-c3ccc(OCCCN4CCCCC4)cc3)c(=O)c2c1. The molecule has 0 N–H and O–H groups in total. The molecule has 1 aliphatic heterocycles. The number of aryl methyl sites for hydroxylation is 2. The third-order valence-corrected chi connectivity index (χ3v) is 6.92. The van der Waals surface area contributed by atoms with Gasteiger partial charge in [0.2, 0.25) is 0 Å². The van der Waals surface area contributed by atoms with E-state index >= 15 is 0 Å². The van der Waals surface area contributed by atoms with Crippen LogP contribution in [0.3, 0.4) is 0 Å². The molecule has 3 aromatic carbocycles. The standard InChI is InChI=1S/C30H33N3O2/c1-22-9-4-5-10-27(22)24-11-16-29-28(21-24)30(34)33(23(2)31-29)25-12-14-26(15-13-25)35-20-8-19-32-17-6-3-7-18-32/h4-5,9-16,21H,3,6-8,17-20H2,1-2H3. The number of benzene rings is 3. The van der Waals surface area contributed by atoms with Crippen molar-refractivity contribution in [2.45, 2.75) is 39.5 Å². The van der Waals surface area contributed by atoms with E-state index in [0.717, 1.165) is 41.0 Å². The Bertz CT molecular complexity index is 1370. The Balaban J connectivity index is 1.35. The topological polar surface area (TPSA) is 47.4 Å². The van der Waals surface area contributed by atoms with Gasteiger partial charge in [-0.15, -0.1) is 0 Å². The van der Waals surface area contributed by atoms with E-state index in [1.807, 2.05) is 61.5 Å². The van der Waals surface area contributed by atoms with E-state index in [1.165, 1.54) is 37.9 Å². The van der Waals surface area contributed by atoms with E-state index in [-0.39, 0.29) is 5.56 Å². The van der Waals surface area contributed by atoms with Crippen LogP contribution in [-0.2, 0) is 0 Å². The highest BCUT2D eigenvalue weighted by Gasteiger charge is 2.13. The minimum absolute atomic E-state index is 0.0573. The maximum Gasteiger partial charge on any atom is 0.265 e. The number of piperidine rings is 1. The number of likely N-dealkylation sites (tertiary alicyclic amines) is 1. The van der Waals surface area contributed by atoms with Gasteiger partial charge < -0.3 is 9.64 Å². The molecule has 1 aliphatic rings. The van der Waals surface area contributed by atoms with Gasteiger partial charge in [-0.1, -0.05) is 36.8 Å². The molecular formula is C30H33N3O2. The Labute approximate surface area is 207 Å². The lowest BCUT2D eigenvalue weighted by Gasteiger charge is -2.26. The number of fused-ring (bicyclic) bond motifs is 1. The molecule has 35 heavy (non-hydrogen) atoms. The first kappa shape index (κ1) is 23.3. The van der Waals surface area contributed by atoms with E-state index in [4.69, 9.17) is 9.72 Å². The van der Waals surface area contributed by atoms with Crippen LogP contribution in [0.15, 0.2) is 71.5 Å². The third kappa shape index (κ3) is 5.15. The normalized spacial score (nSPS) is 14.3. The highest BCUT2D eigenvalue weighted by atomic mass is 16.5. The summed E-state index contributed by atoms with van der Waals surface area (Å²) in [6, 6.07) is 21.9. The van der Waals surface area contributed by atoms with Gasteiger partial charge in [0.05, 0.1) is 23.2 Å². The Hall–Kier alpha value is -3.44. The molecule has 0 radical (unpaired) electrons. The second kappa shape index (κ2) is 10.4. The van der Waals surface area contributed by atoms with Crippen molar-refractivity contribution in [3.8, 4) is 22.6 Å². The summed E-state index contributed by atoms with van der Waals surface area (Å²) in [5.41, 5.74) is 4.79. The molecule has 0 saturated carbocycles. The minimum atomic E-state index is -0.0573. The molecule has 4 aromatic rings. The molecule has 0 unspecified atom stereocenters. The summed E-state index contributed by atoms with van der Waals surface area (Å²) in [6.07, 6.45) is 5.02. The van der Waals surface area contributed by atoms with Gasteiger partial charge in [0, 0.05) is 6.54 Å². The second-order valence-corrected chi connectivity index (χ2v) is 9.44. The van der Waals surface area contributed by atoms with Gasteiger partial charge in [0.15, 0.2) is 0 Å². The highest BCUT2D eigenvalue weighted by molar-refractivity contribution is 5.84. The maximum absolute atomic E-state index is 13.6. The van der Waals surface area contributed by atoms with E-state index in [2.05, 4.69) is 24.0 Å². The van der Waals surface area contributed by atoms with Gasteiger partial charge in [-0.2, -0.15) is 0 Å². The average Bonchev–Trinajstić information content (AvgIpc) is 2.88. The van der Waals surface area contributed by atoms with Gasteiger partial charge in [0.25, 0.3) is 5.56 Å². The van der Waals surface area contributed by atoms with Crippen molar-refractivity contribution in [1.82, 2.24) is 14.5 Å². The summed E-state index contributed by atoms with van der Waals surface area (Å²) in [7, 11) is 0. The van der Waals surface area contributed by atoms with Crippen molar-refractivity contribution in [2.75, 3.05) is 26.2 Å². The van der Waals surface area contributed by atoms with Gasteiger partial charge in [-0.3, -0.25) is 9.36 Å². The molecule has 0 aliphatic carbocycles. The fourth-order valence-corrected chi connectivity index (χ4v) is 5.02. The summed E-state index contributed by atoms with van der Waals surface area (Å²) < 4.78 is 7.65. The molecule has 1 fully saturated rings. The van der Waals surface area contributed by atoms with E-state index < -0.39 is 0 Å². The Morgan fingerprint density at radius 3 is 2.46 bits per heavy atom. The summed E-state index contributed by atoms with van der Waals surface area (Å²) in [5.74, 6) is 1.50. The van der Waals surface area contributed by atoms with Crippen molar-refractivity contribution >= 4 is 10.9 Å². The first-order valence-electron chi connectivity index (χ1n) is 12.7. The summed E-state index contributed by atoms with van der Waals surface area (Å²) >= 11 is 0. The number of aromatic nitrogens is 2. The molecule has 0 bridgehead atoms. The summed E-state index contributed by atoms with van der Waals surface area (Å²) in [6.45, 7) is 8.20. The quantitative estimate of drug-likeness (QED) is 0.316. The molecule has 5 heteroatoms. The Morgan fingerprint density at radius 1 is 0.914 bits per heavy atom. The monoisotopic (exact) mass is 467 g/mol. The fraction of sp³-hybridized carbons (Fsp3) is 0.333. The van der Waals surface area contributed by atoms with Crippen molar-refractivity contribution in [1.29, 1.82) is 0 Å². The number of ether oxygens (including phenoxy) is 1. The number of hydrogen-bond acceptors (Lipinski definition) is 4. The van der Waals surface area contributed by atoms with Crippen LogP contribution < -0.4 is 10.3 Å². The number of rotatable bonds is 7. The molecule has 1 saturated heterocycles. The molecule has 5 nitrogen and oxygen atoms in total. The highest BCUT2D eigenvalue weighted by Crippen LogP contribution is 2.26. The predicted molar refractivity (Wildman–Crippen MR) is 143 cm³/mol. The van der Waals surface area contributed by atoms with Crippen LogP contribution in [0.2, 0.25) is 0 Å². The zero-order valence-corrected chi connectivity index (χ0v) is 20.7. The van der Waals surface area contributed by atoms with E-state index in [9.17, 15) is 4.79 Å². The average molecular weight is 468 g/mol. The molecule has 0 amide bonds. The molecule has 5 rings (SSSR count). The lowest BCUT2D eigenvalue weighted by Crippen LogP contribution is -2.31. The maximum atomic E-state index is 13.6. The Morgan fingerprint density at radius 2 is 1.69 bits per heavy atom. The predicted octanol–water partition coefficient (Wildman–Crippen LogP) is 5.92. The van der Waals surface area contributed by atoms with Crippen LogP contribution in [0.4, 0.5) is 0 Å². The van der Waals surface area contributed by atoms with Crippen LogP contribution in [0.5, 0.6) is 5.75 Å². The number of nitrogens with zero attached hydrogens (tertiary/aromatic N) is 3. The molecule has 1 aromatic heterocycles. The van der Waals surface area contributed by atoms with E-state index in [1.54, 1.807) is 4.57 Å².